The van der Waals surface area contributed by atoms with Gasteiger partial charge in [-0.3, -0.25) is 10.1 Å². The molecular weight excluding hydrogens is 242 g/mol. The molecule has 0 bridgehead atoms. The van der Waals surface area contributed by atoms with Crippen LogP contribution in [-0.2, 0) is 10.3 Å². The van der Waals surface area contributed by atoms with Crippen molar-refractivity contribution in [2.75, 3.05) is 0 Å². The maximum absolute atomic E-state index is 11.1. The molecule has 0 aliphatic heterocycles. The summed E-state index contributed by atoms with van der Waals surface area (Å²) in [4.78, 5) is 21.2. The van der Waals surface area contributed by atoms with E-state index in [1.54, 1.807) is 13.8 Å². The van der Waals surface area contributed by atoms with Crippen LogP contribution in [0.3, 0.4) is 0 Å². The Morgan fingerprint density at radius 1 is 1.61 bits per heavy atom. The zero-order valence-corrected chi connectivity index (χ0v) is 10.6. The van der Waals surface area contributed by atoms with E-state index in [2.05, 4.69) is 5.10 Å². The van der Waals surface area contributed by atoms with Gasteiger partial charge in [0, 0.05) is 0 Å². The van der Waals surface area contributed by atoms with Gasteiger partial charge in [0.2, 0.25) is 0 Å². The highest BCUT2D eigenvalue weighted by molar-refractivity contribution is 5.75. The van der Waals surface area contributed by atoms with Crippen LogP contribution in [0.15, 0.2) is 6.20 Å². The molecule has 1 aromatic rings. The highest BCUT2D eigenvalue weighted by Crippen LogP contribution is 2.29. The Morgan fingerprint density at radius 3 is 2.56 bits per heavy atom. The average molecular weight is 257 g/mol. The Morgan fingerprint density at radius 2 is 2.17 bits per heavy atom. The first kappa shape index (κ1) is 13.9. The van der Waals surface area contributed by atoms with Crippen molar-refractivity contribution in [3.8, 4) is 5.88 Å². The maximum Gasteiger partial charge on any atom is 0.350 e. The Balaban J connectivity index is 3.26. The van der Waals surface area contributed by atoms with Gasteiger partial charge in [-0.1, -0.05) is 0 Å². The lowest BCUT2D eigenvalue weighted by Gasteiger charge is -2.18. The molecule has 0 aliphatic carbocycles. The molecule has 18 heavy (non-hydrogen) atoms. The van der Waals surface area contributed by atoms with Crippen molar-refractivity contribution >= 4 is 11.7 Å². The minimum Gasteiger partial charge on any atom is -0.479 e. The molecule has 0 aliphatic rings. The van der Waals surface area contributed by atoms with Gasteiger partial charge >= 0.3 is 17.5 Å². The number of carboxylic acids is 1. The molecule has 0 atom stereocenters. The standard InChI is InChI=1S/C10H15N3O5/c1-6(2)18-8-7(13(16)17)5-12(11-8)10(3,4)9(14)15/h5-6H,1-4H3,(H,14,15). The zero-order valence-electron chi connectivity index (χ0n) is 10.6. The number of nitro groups is 1. The van der Waals surface area contributed by atoms with Gasteiger partial charge in [-0.25, -0.2) is 9.48 Å². The summed E-state index contributed by atoms with van der Waals surface area (Å²) in [6, 6.07) is 0. The third kappa shape index (κ3) is 2.58. The molecule has 8 nitrogen and oxygen atoms in total. The van der Waals surface area contributed by atoms with Crippen LogP contribution in [0, 0.1) is 10.1 Å². The molecule has 1 rings (SSSR count). The summed E-state index contributed by atoms with van der Waals surface area (Å²) in [5, 5.41) is 23.7. The van der Waals surface area contributed by atoms with E-state index in [0.717, 1.165) is 10.9 Å². The van der Waals surface area contributed by atoms with Gasteiger partial charge in [0.1, 0.15) is 6.20 Å². The van der Waals surface area contributed by atoms with Crippen molar-refractivity contribution in [1.82, 2.24) is 9.78 Å². The van der Waals surface area contributed by atoms with Crippen molar-refractivity contribution in [2.24, 2.45) is 0 Å². The molecule has 8 heteroatoms. The fraction of sp³-hybridized carbons (Fsp3) is 0.600. The minimum absolute atomic E-state index is 0.177. The van der Waals surface area contributed by atoms with Gasteiger partial charge in [-0.2, -0.15) is 0 Å². The number of hydrogen-bond donors (Lipinski definition) is 1. The van der Waals surface area contributed by atoms with Gasteiger partial charge in [0.15, 0.2) is 5.54 Å². The lowest BCUT2D eigenvalue weighted by molar-refractivity contribution is -0.386. The molecule has 100 valence electrons. The topological polar surface area (TPSA) is 107 Å². The van der Waals surface area contributed by atoms with E-state index < -0.39 is 16.4 Å². The Labute approximate surface area is 103 Å². The lowest BCUT2D eigenvalue weighted by atomic mass is 10.1. The van der Waals surface area contributed by atoms with E-state index in [1.807, 2.05) is 0 Å². The first-order chi connectivity index (χ1) is 8.16. The summed E-state index contributed by atoms with van der Waals surface area (Å²) in [7, 11) is 0. The smallest absolute Gasteiger partial charge is 0.350 e. The number of carbonyl (C=O) groups is 1. The number of hydrogen-bond acceptors (Lipinski definition) is 5. The van der Waals surface area contributed by atoms with Crippen LogP contribution in [0.4, 0.5) is 5.69 Å². The molecule has 1 heterocycles. The van der Waals surface area contributed by atoms with Crippen LogP contribution < -0.4 is 4.74 Å². The van der Waals surface area contributed by atoms with Gasteiger partial charge in [0.05, 0.1) is 11.0 Å². The van der Waals surface area contributed by atoms with Crippen LogP contribution in [0.25, 0.3) is 0 Å². The number of aliphatic carboxylic acids is 1. The van der Waals surface area contributed by atoms with Crippen molar-refractivity contribution in [3.63, 3.8) is 0 Å². The van der Waals surface area contributed by atoms with Crippen LogP contribution in [0.5, 0.6) is 5.88 Å². The monoisotopic (exact) mass is 257 g/mol. The van der Waals surface area contributed by atoms with E-state index in [9.17, 15) is 14.9 Å². The highest BCUT2D eigenvalue weighted by atomic mass is 16.6. The second kappa shape index (κ2) is 4.63. The summed E-state index contributed by atoms with van der Waals surface area (Å²) in [5.41, 5.74) is -1.73. The van der Waals surface area contributed by atoms with Crippen LogP contribution >= 0.6 is 0 Å². The quantitative estimate of drug-likeness (QED) is 0.631. The Hall–Kier alpha value is -2.12. The second-order valence-electron chi connectivity index (χ2n) is 4.55. The van der Waals surface area contributed by atoms with Crippen LogP contribution in [0.2, 0.25) is 0 Å². The first-order valence-electron chi connectivity index (χ1n) is 5.31. The van der Waals surface area contributed by atoms with Crippen LogP contribution in [0.1, 0.15) is 27.7 Å². The number of nitrogens with zero attached hydrogens (tertiary/aromatic N) is 3. The average Bonchev–Trinajstić information content (AvgIpc) is 2.60. The first-order valence-corrected chi connectivity index (χ1v) is 5.31. The predicted molar refractivity (Wildman–Crippen MR) is 61.6 cm³/mol. The Bertz CT molecular complexity index is 478. The van der Waals surface area contributed by atoms with Crippen molar-refractivity contribution in [1.29, 1.82) is 0 Å². The van der Waals surface area contributed by atoms with Crippen LogP contribution in [-0.4, -0.2) is 31.9 Å². The molecule has 1 N–H and O–H groups in total. The largest absolute Gasteiger partial charge is 0.479 e. The summed E-state index contributed by atoms with van der Waals surface area (Å²) >= 11 is 0. The van der Waals surface area contributed by atoms with E-state index >= 15 is 0 Å². The lowest BCUT2D eigenvalue weighted by Crippen LogP contribution is -2.36. The normalized spacial score (nSPS) is 11.6. The maximum atomic E-state index is 11.1. The molecule has 0 amide bonds. The van der Waals surface area contributed by atoms with E-state index in [0.29, 0.717) is 0 Å². The molecule has 1 aromatic heterocycles. The number of aromatic nitrogens is 2. The third-order valence-electron chi connectivity index (χ3n) is 2.30. The molecular formula is C10H15N3O5. The van der Waals surface area contributed by atoms with E-state index in [-0.39, 0.29) is 17.7 Å². The fourth-order valence-electron chi connectivity index (χ4n) is 1.17. The summed E-state index contributed by atoms with van der Waals surface area (Å²) < 4.78 is 6.21. The number of rotatable bonds is 5. The second-order valence-corrected chi connectivity index (χ2v) is 4.55. The molecule has 0 fully saturated rings. The summed E-state index contributed by atoms with van der Waals surface area (Å²) in [6.45, 7) is 6.19. The molecule has 0 aromatic carbocycles. The molecule has 0 saturated carbocycles. The van der Waals surface area contributed by atoms with Crippen molar-refractivity contribution < 1.29 is 19.6 Å². The predicted octanol–water partition coefficient (Wildman–Crippen LogP) is 1.40. The fourth-order valence-corrected chi connectivity index (χ4v) is 1.17. The number of carboxylic acid groups (broad SMARTS) is 1. The molecule has 0 unspecified atom stereocenters. The van der Waals surface area contributed by atoms with Gasteiger partial charge in [-0.15, -0.1) is 5.10 Å². The summed E-state index contributed by atoms with van der Waals surface area (Å²) in [6.07, 6.45) is 0.770. The molecule has 0 saturated heterocycles. The summed E-state index contributed by atoms with van der Waals surface area (Å²) in [5.74, 6) is -1.32. The van der Waals surface area contributed by atoms with E-state index in [4.69, 9.17) is 9.84 Å². The third-order valence-corrected chi connectivity index (χ3v) is 2.30. The van der Waals surface area contributed by atoms with Gasteiger partial charge in [-0.05, 0) is 27.7 Å². The molecule has 0 radical (unpaired) electrons. The Kier molecular flexibility index (Phi) is 3.59. The van der Waals surface area contributed by atoms with Crippen molar-refractivity contribution in [3.05, 3.63) is 16.3 Å². The highest BCUT2D eigenvalue weighted by Gasteiger charge is 2.34. The van der Waals surface area contributed by atoms with E-state index in [1.165, 1.54) is 13.8 Å². The molecule has 0 spiro atoms. The number of ether oxygens (including phenoxy) is 1. The zero-order chi connectivity index (χ0) is 14.1. The van der Waals surface area contributed by atoms with Gasteiger partial charge < -0.3 is 9.84 Å². The SMILES string of the molecule is CC(C)Oc1nn(C(C)(C)C(=O)O)cc1[N+](=O)[O-]. The van der Waals surface area contributed by atoms with Gasteiger partial charge in [0.25, 0.3) is 0 Å². The van der Waals surface area contributed by atoms with Crippen molar-refractivity contribution in [2.45, 2.75) is 39.3 Å². The minimum atomic E-state index is -1.39.